The molecule has 22 heavy (non-hydrogen) atoms. The highest BCUT2D eigenvalue weighted by atomic mass is 14.7. The summed E-state index contributed by atoms with van der Waals surface area (Å²) in [5.74, 6) is 0. The van der Waals surface area contributed by atoms with Gasteiger partial charge in [0.1, 0.15) is 0 Å². The maximum absolute atomic E-state index is 4.38. The molecule has 0 N–H and O–H groups in total. The molecule has 2 heteroatoms. The lowest BCUT2D eigenvalue weighted by Crippen LogP contribution is -1.80. The fraction of sp³-hybridized carbons (Fsp3) is 0.100. The summed E-state index contributed by atoms with van der Waals surface area (Å²) in [6, 6.07) is 22.6. The van der Waals surface area contributed by atoms with E-state index in [0.717, 1.165) is 16.9 Å². The lowest BCUT2D eigenvalue weighted by molar-refractivity contribution is 1.22. The van der Waals surface area contributed by atoms with Crippen molar-refractivity contribution in [1.29, 1.82) is 0 Å². The highest BCUT2D eigenvalue weighted by Gasteiger charge is 1.91. The average Bonchev–Trinajstić information content (AvgIpc) is 2.55. The van der Waals surface area contributed by atoms with Gasteiger partial charge in [-0.1, -0.05) is 48.5 Å². The topological polar surface area (TPSA) is 25.8 Å². The minimum Gasteiger partial charge on any atom is -0.261 e. The third-order valence-corrected chi connectivity index (χ3v) is 3.51. The number of nitrogens with zero attached hydrogens (tertiary/aromatic N) is 2. The lowest BCUT2D eigenvalue weighted by Gasteiger charge is -1.96. The van der Waals surface area contributed by atoms with Gasteiger partial charge in [-0.15, -0.1) is 0 Å². The van der Waals surface area contributed by atoms with Crippen LogP contribution in [0.15, 0.2) is 72.9 Å². The first kappa shape index (κ1) is 14.2. The molecule has 0 aliphatic heterocycles. The van der Waals surface area contributed by atoms with E-state index in [2.05, 4.69) is 40.3 Å². The molecule has 0 unspecified atom stereocenters. The third-order valence-electron chi connectivity index (χ3n) is 3.51. The molecule has 0 amide bonds. The van der Waals surface area contributed by atoms with Gasteiger partial charge in [-0.2, -0.15) is 0 Å². The van der Waals surface area contributed by atoms with Crippen LogP contribution >= 0.6 is 0 Å². The summed E-state index contributed by atoms with van der Waals surface area (Å²) in [6.45, 7) is 4.01. The summed E-state index contributed by atoms with van der Waals surface area (Å²) in [6.07, 6.45) is 1.91. The van der Waals surface area contributed by atoms with Crippen molar-refractivity contribution in [2.45, 2.75) is 13.8 Å². The van der Waals surface area contributed by atoms with Crippen molar-refractivity contribution >= 4 is 21.7 Å². The predicted molar refractivity (Wildman–Crippen MR) is 93.0 cm³/mol. The molecule has 0 aliphatic carbocycles. The second-order valence-corrected chi connectivity index (χ2v) is 5.32. The predicted octanol–water partition coefficient (Wildman–Crippen LogP) is 5.09. The van der Waals surface area contributed by atoms with Gasteiger partial charge in [0.15, 0.2) is 0 Å². The zero-order valence-corrected chi connectivity index (χ0v) is 12.8. The van der Waals surface area contributed by atoms with Crippen molar-refractivity contribution in [2.75, 3.05) is 0 Å². The maximum Gasteiger partial charge on any atom is 0.0705 e. The average molecular weight is 286 g/mol. The second-order valence-electron chi connectivity index (χ2n) is 5.32. The smallest absolute Gasteiger partial charge is 0.0705 e. The van der Waals surface area contributed by atoms with Gasteiger partial charge in [0, 0.05) is 28.4 Å². The molecule has 0 spiro atoms. The van der Waals surface area contributed by atoms with E-state index in [1.165, 1.54) is 16.2 Å². The number of fused-ring (bicyclic) bond motifs is 2. The SMILES string of the molecule is Cc1cc2ccccc2cn1.Cc1ccc2ccccc2n1. The van der Waals surface area contributed by atoms with Crippen molar-refractivity contribution in [1.82, 2.24) is 9.97 Å². The van der Waals surface area contributed by atoms with Crippen LogP contribution in [0, 0.1) is 13.8 Å². The molecule has 0 atom stereocenters. The molecule has 0 aliphatic rings. The van der Waals surface area contributed by atoms with Crippen LogP contribution in [0.3, 0.4) is 0 Å². The highest BCUT2D eigenvalue weighted by Crippen LogP contribution is 2.12. The monoisotopic (exact) mass is 286 g/mol. The Kier molecular flexibility index (Phi) is 4.10. The van der Waals surface area contributed by atoms with Gasteiger partial charge in [-0.25, -0.2) is 0 Å². The van der Waals surface area contributed by atoms with Gasteiger partial charge < -0.3 is 0 Å². The molecule has 4 aromatic rings. The van der Waals surface area contributed by atoms with Crippen LogP contribution in [0.25, 0.3) is 21.7 Å². The first-order valence-corrected chi connectivity index (χ1v) is 7.36. The molecule has 2 aromatic carbocycles. The Morgan fingerprint density at radius 2 is 1.32 bits per heavy atom. The van der Waals surface area contributed by atoms with E-state index in [1.54, 1.807) is 0 Å². The van der Waals surface area contributed by atoms with Crippen LogP contribution < -0.4 is 0 Å². The van der Waals surface area contributed by atoms with E-state index in [1.807, 2.05) is 56.4 Å². The molecule has 0 fully saturated rings. The summed E-state index contributed by atoms with van der Waals surface area (Å²) < 4.78 is 0. The molecule has 0 bridgehead atoms. The zero-order chi connectivity index (χ0) is 15.4. The molecule has 2 nitrogen and oxygen atoms in total. The highest BCUT2D eigenvalue weighted by molar-refractivity contribution is 5.81. The molecule has 0 radical (unpaired) electrons. The Hall–Kier alpha value is -2.74. The number of pyridine rings is 2. The minimum atomic E-state index is 1.07. The van der Waals surface area contributed by atoms with Crippen LogP contribution in [0.4, 0.5) is 0 Å². The van der Waals surface area contributed by atoms with Crippen molar-refractivity contribution in [2.24, 2.45) is 0 Å². The number of benzene rings is 2. The van der Waals surface area contributed by atoms with Crippen LogP contribution in [-0.4, -0.2) is 9.97 Å². The normalized spacial score (nSPS) is 10.3. The van der Waals surface area contributed by atoms with Gasteiger partial charge in [-0.3, -0.25) is 9.97 Å². The second kappa shape index (κ2) is 6.35. The molecule has 0 saturated heterocycles. The number of para-hydroxylation sites is 1. The largest absolute Gasteiger partial charge is 0.261 e. The third kappa shape index (κ3) is 3.29. The maximum atomic E-state index is 4.38. The standard InChI is InChI=1S/2C10H9N/c1-8-6-9-4-2-3-5-10(9)7-11-8;1-8-6-7-9-4-2-3-5-10(9)11-8/h2*2-7H,1H3. The molecule has 108 valence electrons. The van der Waals surface area contributed by atoms with E-state index in [9.17, 15) is 0 Å². The number of hydrogen-bond acceptors (Lipinski definition) is 2. The van der Waals surface area contributed by atoms with Gasteiger partial charge in [-0.05, 0) is 37.4 Å². The summed E-state index contributed by atoms with van der Waals surface area (Å²) in [4.78, 5) is 8.58. The first-order valence-electron chi connectivity index (χ1n) is 7.36. The van der Waals surface area contributed by atoms with Gasteiger partial charge in [0.25, 0.3) is 0 Å². The fourth-order valence-corrected chi connectivity index (χ4v) is 2.36. The van der Waals surface area contributed by atoms with E-state index >= 15 is 0 Å². The van der Waals surface area contributed by atoms with Crippen LogP contribution in [0.2, 0.25) is 0 Å². The van der Waals surface area contributed by atoms with Crippen LogP contribution in [0.5, 0.6) is 0 Å². The summed E-state index contributed by atoms with van der Waals surface area (Å²) in [7, 11) is 0. The van der Waals surface area contributed by atoms with Crippen molar-refractivity contribution in [3.05, 3.63) is 84.3 Å². The Balaban J connectivity index is 0.000000131. The van der Waals surface area contributed by atoms with Crippen molar-refractivity contribution in [3.8, 4) is 0 Å². The van der Waals surface area contributed by atoms with Gasteiger partial charge in [0.2, 0.25) is 0 Å². The summed E-state index contributed by atoms with van der Waals surface area (Å²) in [5.41, 5.74) is 3.22. The van der Waals surface area contributed by atoms with Crippen LogP contribution in [-0.2, 0) is 0 Å². The van der Waals surface area contributed by atoms with Gasteiger partial charge in [0.05, 0.1) is 5.52 Å². The Morgan fingerprint density at radius 3 is 2.14 bits per heavy atom. The number of aromatic nitrogens is 2. The molecule has 0 saturated carbocycles. The van der Waals surface area contributed by atoms with E-state index in [0.29, 0.717) is 0 Å². The summed E-state index contributed by atoms with van der Waals surface area (Å²) >= 11 is 0. The number of rotatable bonds is 0. The van der Waals surface area contributed by atoms with Crippen molar-refractivity contribution < 1.29 is 0 Å². The zero-order valence-electron chi connectivity index (χ0n) is 12.8. The van der Waals surface area contributed by atoms with E-state index < -0.39 is 0 Å². The molecule has 2 heterocycles. The Bertz CT molecular complexity index is 836. The minimum absolute atomic E-state index is 1.07. The quantitative estimate of drug-likeness (QED) is 0.450. The fourth-order valence-electron chi connectivity index (χ4n) is 2.36. The first-order chi connectivity index (χ1) is 10.7. The molecular weight excluding hydrogens is 268 g/mol. The van der Waals surface area contributed by atoms with Crippen molar-refractivity contribution in [3.63, 3.8) is 0 Å². The molecule has 2 aromatic heterocycles. The lowest BCUT2D eigenvalue weighted by atomic mass is 10.1. The number of hydrogen-bond donors (Lipinski definition) is 0. The van der Waals surface area contributed by atoms with Gasteiger partial charge >= 0.3 is 0 Å². The Morgan fingerprint density at radius 1 is 0.636 bits per heavy atom. The summed E-state index contributed by atoms with van der Waals surface area (Å²) in [5, 5.41) is 3.68. The van der Waals surface area contributed by atoms with E-state index in [4.69, 9.17) is 0 Å². The molecular formula is C20H18N2. The molecule has 4 rings (SSSR count). The Labute approximate surface area is 130 Å². The van der Waals surface area contributed by atoms with Crippen LogP contribution in [0.1, 0.15) is 11.4 Å². The number of aryl methyl sites for hydroxylation is 2. The van der Waals surface area contributed by atoms with E-state index in [-0.39, 0.29) is 0 Å².